The summed E-state index contributed by atoms with van der Waals surface area (Å²) in [6.07, 6.45) is 6.95. The van der Waals surface area contributed by atoms with Crippen LogP contribution in [0.5, 0.6) is 5.75 Å². The molecule has 1 aromatic carbocycles. The van der Waals surface area contributed by atoms with Gasteiger partial charge in [0.2, 0.25) is 0 Å². The largest absolute Gasteiger partial charge is 0.508 e. The third-order valence-corrected chi connectivity index (χ3v) is 4.95. The van der Waals surface area contributed by atoms with Crippen LogP contribution in [0, 0.1) is 0 Å². The van der Waals surface area contributed by atoms with E-state index < -0.39 is 5.97 Å². The first-order chi connectivity index (χ1) is 12.0. The third-order valence-electron chi connectivity index (χ3n) is 4.95. The molecule has 3 rings (SSSR count). The Morgan fingerprint density at radius 1 is 1.28 bits per heavy atom. The molecular weight excluding hydrogens is 318 g/mol. The first-order valence-electron chi connectivity index (χ1n) is 8.66. The topological polar surface area (TPSA) is 66.8 Å². The van der Waals surface area contributed by atoms with E-state index in [1.165, 1.54) is 13.5 Å². The normalized spacial score (nSPS) is 20.5. The molecule has 0 saturated heterocycles. The Labute approximate surface area is 147 Å². The Balaban J connectivity index is 2.04. The van der Waals surface area contributed by atoms with Crippen molar-refractivity contribution in [2.24, 2.45) is 0 Å². The van der Waals surface area contributed by atoms with E-state index in [1.807, 2.05) is 6.92 Å². The van der Waals surface area contributed by atoms with Crippen molar-refractivity contribution in [2.45, 2.75) is 45.1 Å². The predicted molar refractivity (Wildman–Crippen MR) is 94.5 cm³/mol. The number of phenolic OH excluding ortho intramolecular Hbond substituents is 1. The Hall–Kier alpha value is -2.56. The van der Waals surface area contributed by atoms with Gasteiger partial charge in [0.1, 0.15) is 5.75 Å². The van der Waals surface area contributed by atoms with E-state index >= 15 is 0 Å². The van der Waals surface area contributed by atoms with Crippen LogP contribution in [0.2, 0.25) is 0 Å². The van der Waals surface area contributed by atoms with Crippen molar-refractivity contribution in [2.75, 3.05) is 7.11 Å². The summed E-state index contributed by atoms with van der Waals surface area (Å²) < 4.78 is 4.91. The molecule has 5 heteroatoms. The summed E-state index contributed by atoms with van der Waals surface area (Å²) in [6.45, 7) is 1.81. The maximum absolute atomic E-state index is 13.1. The molecular formula is C20H23NO4. The van der Waals surface area contributed by atoms with Crippen LogP contribution < -0.4 is 0 Å². The lowest BCUT2D eigenvalue weighted by molar-refractivity contribution is -0.136. The maximum atomic E-state index is 13.1. The standard InChI is InChI=1S/C20H23NO4/c1-13-18(20(24)25-2)17(12-14-7-6-10-16(22)11-14)19(23)21(13)15-8-4-3-5-9-15/h6-7,10-12,15,22H,3-5,8-9H2,1-2H3/b17-12-. The summed E-state index contributed by atoms with van der Waals surface area (Å²) in [4.78, 5) is 27.2. The smallest absolute Gasteiger partial charge is 0.340 e. The molecule has 0 spiro atoms. The lowest BCUT2D eigenvalue weighted by Crippen LogP contribution is -2.37. The van der Waals surface area contributed by atoms with Gasteiger partial charge in [-0.1, -0.05) is 31.4 Å². The lowest BCUT2D eigenvalue weighted by atomic mass is 9.94. The highest BCUT2D eigenvalue weighted by atomic mass is 16.5. The van der Waals surface area contributed by atoms with E-state index in [-0.39, 0.29) is 17.7 Å². The van der Waals surface area contributed by atoms with Crippen LogP contribution in [0.25, 0.3) is 6.08 Å². The minimum absolute atomic E-state index is 0.115. The molecule has 0 radical (unpaired) electrons. The van der Waals surface area contributed by atoms with Gasteiger partial charge in [-0.3, -0.25) is 4.79 Å². The van der Waals surface area contributed by atoms with E-state index in [9.17, 15) is 14.7 Å². The number of esters is 1. The lowest BCUT2D eigenvalue weighted by Gasteiger charge is -2.32. The van der Waals surface area contributed by atoms with Crippen LogP contribution >= 0.6 is 0 Å². The molecule has 2 aliphatic rings. The molecule has 1 aromatic rings. The van der Waals surface area contributed by atoms with Crippen molar-refractivity contribution in [3.63, 3.8) is 0 Å². The van der Waals surface area contributed by atoms with Crippen molar-refractivity contribution in [1.82, 2.24) is 4.90 Å². The fourth-order valence-corrected chi connectivity index (χ4v) is 3.76. The molecule has 0 aromatic heterocycles. The maximum Gasteiger partial charge on any atom is 0.340 e. The molecule has 25 heavy (non-hydrogen) atoms. The van der Waals surface area contributed by atoms with E-state index in [0.29, 0.717) is 22.4 Å². The number of allylic oxidation sites excluding steroid dienone is 1. The van der Waals surface area contributed by atoms with Gasteiger partial charge in [-0.05, 0) is 43.5 Å². The summed E-state index contributed by atoms with van der Waals surface area (Å²) in [5, 5.41) is 9.65. The van der Waals surface area contributed by atoms with E-state index in [1.54, 1.807) is 35.2 Å². The summed E-state index contributed by atoms with van der Waals surface area (Å²) in [5.74, 6) is -0.548. The minimum atomic E-state index is -0.504. The summed E-state index contributed by atoms with van der Waals surface area (Å²) in [7, 11) is 1.32. The number of amides is 1. The Kier molecular flexibility index (Phi) is 4.93. The van der Waals surface area contributed by atoms with Crippen LogP contribution in [-0.2, 0) is 14.3 Å². The number of hydrogen-bond donors (Lipinski definition) is 1. The van der Waals surface area contributed by atoms with E-state index in [4.69, 9.17) is 4.74 Å². The summed E-state index contributed by atoms with van der Waals surface area (Å²) >= 11 is 0. The van der Waals surface area contributed by atoms with Crippen molar-refractivity contribution in [3.05, 3.63) is 46.7 Å². The molecule has 132 valence electrons. The molecule has 5 nitrogen and oxygen atoms in total. The van der Waals surface area contributed by atoms with Crippen molar-refractivity contribution < 1.29 is 19.4 Å². The van der Waals surface area contributed by atoms with Gasteiger partial charge in [0, 0.05) is 11.7 Å². The number of benzene rings is 1. The third kappa shape index (κ3) is 3.31. The fourth-order valence-electron chi connectivity index (χ4n) is 3.76. The quantitative estimate of drug-likeness (QED) is 0.676. The van der Waals surface area contributed by atoms with Gasteiger partial charge in [0.25, 0.3) is 5.91 Å². The molecule has 1 amide bonds. The van der Waals surface area contributed by atoms with Gasteiger partial charge in [0.15, 0.2) is 0 Å². The Bertz CT molecular complexity index is 757. The molecule has 1 heterocycles. The first-order valence-corrected chi connectivity index (χ1v) is 8.66. The number of aromatic hydroxyl groups is 1. The average molecular weight is 341 g/mol. The predicted octanol–water partition coefficient (Wildman–Crippen LogP) is 3.40. The van der Waals surface area contributed by atoms with Crippen LogP contribution in [-0.4, -0.2) is 35.0 Å². The van der Waals surface area contributed by atoms with Crippen LogP contribution in [0.4, 0.5) is 0 Å². The first kappa shape index (κ1) is 17.3. The average Bonchev–Trinajstić information content (AvgIpc) is 2.85. The number of methoxy groups -OCH3 is 1. The van der Waals surface area contributed by atoms with E-state index in [2.05, 4.69) is 0 Å². The monoisotopic (exact) mass is 341 g/mol. The molecule has 1 N–H and O–H groups in total. The Morgan fingerprint density at radius 2 is 2.00 bits per heavy atom. The summed E-state index contributed by atoms with van der Waals surface area (Å²) in [6, 6.07) is 6.75. The number of carbonyl (C=O) groups excluding carboxylic acids is 2. The highest BCUT2D eigenvalue weighted by Gasteiger charge is 2.40. The minimum Gasteiger partial charge on any atom is -0.508 e. The van der Waals surface area contributed by atoms with Gasteiger partial charge in [-0.15, -0.1) is 0 Å². The van der Waals surface area contributed by atoms with Crippen molar-refractivity contribution >= 4 is 18.0 Å². The molecule has 1 fully saturated rings. The van der Waals surface area contributed by atoms with E-state index in [0.717, 1.165) is 25.7 Å². The van der Waals surface area contributed by atoms with Gasteiger partial charge in [-0.25, -0.2) is 4.79 Å². The van der Waals surface area contributed by atoms with Crippen molar-refractivity contribution in [3.8, 4) is 5.75 Å². The van der Waals surface area contributed by atoms with Crippen LogP contribution in [0.15, 0.2) is 41.1 Å². The highest BCUT2D eigenvalue weighted by Crippen LogP contribution is 2.36. The fraction of sp³-hybridized carbons (Fsp3) is 0.400. The molecule has 1 aliphatic heterocycles. The zero-order valence-electron chi connectivity index (χ0n) is 14.6. The zero-order valence-corrected chi connectivity index (χ0v) is 14.6. The number of ether oxygens (including phenoxy) is 1. The summed E-state index contributed by atoms with van der Waals surface area (Å²) in [5.41, 5.74) is 1.99. The second-order valence-corrected chi connectivity index (χ2v) is 6.57. The number of hydrogen-bond acceptors (Lipinski definition) is 4. The van der Waals surface area contributed by atoms with Crippen LogP contribution in [0.3, 0.4) is 0 Å². The molecule has 1 saturated carbocycles. The molecule has 0 bridgehead atoms. The molecule has 0 atom stereocenters. The number of nitrogens with zero attached hydrogens (tertiary/aromatic N) is 1. The van der Waals surface area contributed by atoms with Crippen molar-refractivity contribution in [1.29, 1.82) is 0 Å². The molecule has 1 aliphatic carbocycles. The number of rotatable bonds is 3. The van der Waals surface area contributed by atoms with Gasteiger partial charge in [-0.2, -0.15) is 0 Å². The Morgan fingerprint density at radius 3 is 2.64 bits per heavy atom. The number of carbonyl (C=O) groups is 2. The second kappa shape index (κ2) is 7.13. The van der Waals surface area contributed by atoms with Crippen LogP contribution in [0.1, 0.15) is 44.6 Å². The van der Waals surface area contributed by atoms with Gasteiger partial charge in [0.05, 0.1) is 18.3 Å². The van der Waals surface area contributed by atoms with Gasteiger partial charge < -0.3 is 14.7 Å². The number of phenols is 1. The zero-order chi connectivity index (χ0) is 18.0. The second-order valence-electron chi connectivity index (χ2n) is 6.57. The SMILES string of the molecule is COC(=O)C1=C(C)N(C2CCCCC2)C(=O)/C1=C\c1cccc(O)c1. The highest BCUT2D eigenvalue weighted by molar-refractivity contribution is 6.16. The van der Waals surface area contributed by atoms with Gasteiger partial charge >= 0.3 is 5.97 Å². The molecule has 0 unspecified atom stereocenters.